The van der Waals surface area contributed by atoms with Crippen LogP contribution < -0.4 is 5.56 Å². The number of benzene rings is 1. The van der Waals surface area contributed by atoms with E-state index in [1.807, 2.05) is 24.3 Å². The maximum absolute atomic E-state index is 12.9. The highest BCUT2D eigenvalue weighted by Crippen LogP contribution is 2.54. The molecule has 1 aromatic heterocycles. The first-order valence-corrected chi connectivity index (χ1v) is 9.90. The highest BCUT2D eigenvalue weighted by atomic mass is 35.5. The van der Waals surface area contributed by atoms with E-state index in [0.29, 0.717) is 11.9 Å². The average Bonchev–Trinajstić information content (AvgIpc) is 2.96. The molecule has 24 heavy (non-hydrogen) atoms. The van der Waals surface area contributed by atoms with Gasteiger partial charge in [-0.2, -0.15) is 0 Å². The quantitative estimate of drug-likeness (QED) is 0.445. The number of halogens is 2. The Labute approximate surface area is 154 Å². The highest BCUT2D eigenvalue weighted by Gasteiger charge is 2.51. The fourth-order valence-corrected chi connectivity index (χ4v) is 4.97. The molecule has 1 aromatic carbocycles. The Kier molecular flexibility index (Phi) is 4.54. The minimum absolute atomic E-state index is 0.00240. The summed E-state index contributed by atoms with van der Waals surface area (Å²) >= 11 is 13.8. The van der Waals surface area contributed by atoms with Crippen molar-refractivity contribution in [3.63, 3.8) is 0 Å². The van der Waals surface area contributed by atoms with E-state index in [2.05, 4.69) is 0 Å². The summed E-state index contributed by atoms with van der Waals surface area (Å²) in [5, 5.41) is 1.38. The lowest BCUT2D eigenvalue weighted by Gasteiger charge is -2.16. The van der Waals surface area contributed by atoms with Crippen molar-refractivity contribution in [1.29, 1.82) is 0 Å². The van der Waals surface area contributed by atoms with Gasteiger partial charge in [-0.1, -0.05) is 23.9 Å². The van der Waals surface area contributed by atoms with Crippen LogP contribution in [-0.4, -0.2) is 32.3 Å². The second-order valence-electron chi connectivity index (χ2n) is 6.44. The van der Waals surface area contributed by atoms with Gasteiger partial charge in [0.2, 0.25) is 0 Å². The first kappa shape index (κ1) is 16.7. The Bertz CT molecular complexity index is 818. The first-order chi connectivity index (χ1) is 11.5. The van der Waals surface area contributed by atoms with Crippen LogP contribution in [0.2, 0.25) is 0 Å². The van der Waals surface area contributed by atoms with Crippen molar-refractivity contribution in [3.05, 3.63) is 34.6 Å². The first-order valence-electron chi connectivity index (χ1n) is 8.16. The molecule has 1 aliphatic heterocycles. The summed E-state index contributed by atoms with van der Waals surface area (Å²) in [6.07, 6.45) is 2.92. The second kappa shape index (κ2) is 6.52. The molecule has 7 heteroatoms. The lowest BCUT2D eigenvalue weighted by atomic mass is 10.2. The predicted octanol–water partition coefficient (Wildman–Crippen LogP) is 3.86. The van der Waals surface area contributed by atoms with Gasteiger partial charge < -0.3 is 4.74 Å². The Morgan fingerprint density at radius 3 is 2.88 bits per heavy atom. The zero-order valence-corrected chi connectivity index (χ0v) is 15.4. The highest BCUT2D eigenvalue weighted by molar-refractivity contribution is 7.99. The van der Waals surface area contributed by atoms with Gasteiger partial charge in [0.05, 0.1) is 23.6 Å². The van der Waals surface area contributed by atoms with E-state index in [0.717, 1.165) is 42.3 Å². The van der Waals surface area contributed by atoms with Crippen LogP contribution in [0.1, 0.15) is 19.3 Å². The van der Waals surface area contributed by atoms with E-state index < -0.39 is 4.33 Å². The fourth-order valence-electron chi connectivity index (χ4n) is 3.04. The second-order valence-corrected chi connectivity index (χ2v) is 8.96. The average molecular weight is 385 g/mol. The summed E-state index contributed by atoms with van der Waals surface area (Å²) in [5.74, 6) is 1.02. The third-order valence-electron chi connectivity index (χ3n) is 4.61. The van der Waals surface area contributed by atoms with Crippen LogP contribution in [-0.2, 0) is 11.3 Å². The summed E-state index contributed by atoms with van der Waals surface area (Å²) in [6, 6.07) is 7.47. The molecule has 128 valence electrons. The molecule has 0 spiro atoms. The zero-order valence-electron chi connectivity index (χ0n) is 13.1. The Morgan fingerprint density at radius 1 is 1.38 bits per heavy atom. The van der Waals surface area contributed by atoms with Gasteiger partial charge in [0.1, 0.15) is 4.33 Å². The molecule has 0 amide bonds. The number of aromatic nitrogens is 2. The van der Waals surface area contributed by atoms with Crippen LogP contribution in [0.4, 0.5) is 0 Å². The predicted molar refractivity (Wildman–Crippen MR) is 98.2 cm³/mol. The number of ether oxygens (including phenoxy) is 1. The van der Waals surface area contributed by atoms with Crippen LogP contribution in [0.3, 0.4) is 0 Å². The lowest BCUT2D eigenvalue weighted by Crippen LogP contribution is -2.29. The number of hydrogen-bond acceptors (Lipinski definition) is 4. The van der Waals surface area contributed by atoms with Gasteiger partial charge in [-0.3, -0.25) is 9.36 Å². The molecule has 2 atom stereocenters. The Morgan fingerprint density at radius 2 is 2.17 bits per heavy atom. The van der Waals surface area contributed by atoms with Crippen molar-refractivity contribution in [2.75, 3.05) is 12.4 Å². The monoisotopic (exact) mass is 384 g/mol. The smallest absolute Gasteiger partial charge is 0.262 e. The van der Waals surface area contributed by atoms with Crippen molar-refractivity contribution in [2.24, 2.45) is 5.92 Å². The maximum atomic E-state index is 12.9. The number of rotatable bonds is 5. The van der Waals surface area contributed by atoms with Gasteiger partial charge in [-0.25, -0.2) is 4.98 Å². The lowest BCUT2D eigenvalue weighted by molar-refractivity contribution is 0.0937. The van der Waals surface area contributed by atoms with Crippen LogP contribution in [0.15, 0.2) is 34.2 Å². The Balaban J connectivity index is 1.67. The molecule has 2 aromatic rings. The van der Waals surface area contributed by atoms with E-state index in [1.165, 1.54) is 0 Å². The third-order valence-corrected chi connectivity index (χ3v) is 6.67. The Hall–Kier alpha value is -0.750. The molecule has 0 radical (unpaired) electrons. The van der Waals surface area contributed by atoms with E-state index in [1.54, 1.807) is 16.3 Å². The van der Waals surface area contributed by atoms with E-state index in [-0.39, 0.29) is 17.6 Å². The van der Waals surface area contributed by atoms with Gasteiger partial charge >= 0.3 is 0 Å². The molecule has 1 saturated heterocycles. The minimum Gasteiger partial charge on any atom is -0.376 e. The van der Waals surface area contributed by atoms with Crippen LogP contribution in [0.5, 0.6) is 0 Å². The molecule has 0 bridgehead atoms. The van der Waals surface area contributed by atoms with Crippen molar-refractivity contribution in [1.82, 2.24) is 9.55 Å². The van der Waals surface area contributed by atoms with Gasteiger partial charge in [-0.05, 0) is 31.4 Å². The van der Waals surface area contributed by atoms with Gasteiger partial charge in [-0.15, -0.1) is 23.2 Å². The van der Waals surface area contributed by atoms with E-state index in [9.17, 15) is 4.79 Å². The number of thioether (sulfide) groups is 1. The molecule has 2 heterocycles. The molecule has 4 nitrogen and oxygen atoms in total. The summed E-state index contributed by atoms with van der Waals surface area (Å²) in [7, 11) is 0. The van der Waals surface area contributed by atoms with Crippen molar-refractivity contribution in [2.45, 2.75) is 41.4 Å². The van der Waals surface area contributed by atoms with Gasteiger partial charge in [0.25, 0.3) is 5.56 Å². The number of hydrogen-bond donors (Lipinski definition) is 0. The minimum atomic E-state index is -0.608. The zero-order chi connectivity index (χ0) is 16.7. The third kappa shape index (κ3) is 3.32. The molecule has 2 aliphatic rings. The van der Waals surface area contributed by atoms with Gasteiger partial charge in [0.15, 0.2) is 5.16 Å². The number of alkyl halides is 2. The normalized spacial score (nSPS) is 25.2. The molecule has 2 fully saturated rings. The summed E-state index contributed by atoms with van der Waals surface area (Å²) in [5.41, 5.74) is 0.727. The maximum Gasteiger partial charge on any atom is 0.262 e. The molecule has 1 saturated carbocycles. The molecular weight excluding hydrogens is 367 g/mol. The molecule has 0 unspecified atom stereocenters. The van der Waals surface area contributed by atoms with E-state index in [4.69, 9.17) is 32.9 Å². The molecular formula is C17H18Cl2N2O2S. The largest absolute Gasteiger partial charge is 0.376 e. The number of para-hydroxylation sites is 1. The van der Waals surface area contributed by atoms with Crippen molar-refractivity contribution in [3.8, 4) is 0 Å². The van der Waals surface area contributed by atoms with Gasteiger partial charge in [0, 0.05) is 18.3 Å². The van der Waals surface area contributed by atoms with Crippen molar-refractivity contribution >= 4 is 45.9 Å². The molecule has 1 aliphatic carbocycles. The fraction of sp³-hybridized carbons (Fsp3) is 0.529. The SMILES string of the molecule is O=c1c2ccccc2nc(SC[C@@H]2CC2(Cl)Cl)n1C[C@@H]1CCCO1. The summed E-state index contributed by atoms with van der Waals surface area (Å²) < 4.78 is 6.86. The standard InChI is InChI=1S/C17H18Cl2N2O2S/c18-17(19)8-11(17)10-24-16-20-14-6-2-1-5-13(14)15(22)21(16)9-12-4-3-7-23-12/h1-2,5-6,11-12H,3-4,7-10H2/t11-,12-/m0/s1. The number of fused-ring (bicyclic) bond motifs is 1. The van der Waals surface area contributed by atoms with Crippen LogP contribution in [0, 0.1) is 5.92 Å². The van der Waals surface area contributed by atoms with Crippen LogP contribution in [0.25, 0.3) is 10.9 Å². The molecule has 4 rings (SSSR count). The van der Waals surface area contributed by atoms with E-state index >= 15 is 0 Å². The number of nitrogens with zero attached hydrogens (tertiary/aromatic N) is 2. The molecule has 0 N–H and O–H groups in total. The summed E-state index contributed by atoms with van der Waals surface area (Å²) in [6.45, 7) is 1.32. The van der Waals surface area contributed by atoms with Crippen molar-refractivity contribution < 1.29 is 4.74 Å². The van der Waals surface area contributed by atoms with Crippen LogP contribution >= 0.6 is 35.0 Å². The summed E-state index contributed by atoms with van der Waals surface area (Å²) in [4.78, 5) is 17.6. The topological polar surface area (TPSA) is 44.1 Å².